The molecule has 0 saturated carbocycles. The maximum absolute atomic E-state index is 12.5. The highest BCUT2D eigenvalue weighted by atomic mass is 35.5. The van der Waals surface area contributed by atoms with Crippen LogP contribution in [-0.2, 0) is 14.8 Å². The van der Waals surface area contributed by atoms with Gasteiger partial charge in [0.25, 0.3) is 10.0 Å². The number of Topliss-reactive ketones (excluding diaryl/α,β-unsaturated/α-hetero) is 1. The minimum Gasteiger partial charge on any atom is -0.291 e. The van der Waals surface area contributed by atoms with E-state index in [0.29, 0.717) is 0 Å². The fraction of sp³-hybridized carbons (Fsp3) is 0.375. The number of hydrogen-bond acceptors (Lipinski definition) is 3. The number of halogens is 3. The van der Waals surface area contributed by atoms with Crippen molar-refractivity contribution in [3.05, 3.63) is 40.9 Å². The van der Waals surface area contributed by atoms with Gasteiger partial charge in [0, 0.05) is 0 Å². The van der Waals surface area contributed by atoms with E-state index in [1.54, 1.807) is 32.0 Å². The van der Waals surface area contributed by atoms with E-state index in [2.05, 4.69) is 4.40 Å². The van der Waals surface area contributed by atoms with Crippen LogP contribution in [0.15, 0.2) is 50.2 Å². The summed E-state index contributed by atoms with van der Waals surface area (Å²) in [6, 6.07) is 7.72. The van der Waals surface area contributed by atoms with Gasteiger partial charge in [-0.1, -0.05) is 43.6 Å². The van der Waals surface area contributed by atoms with Crippen molar-refractivity contribution in [2.75, 3.05) is 0 Å². The summed E-state index contributed by atoms with van der Waals surface area (Å²) >= 11 is 18.9. The Labute approximate surface area is 156 Å². The summed E-state index contributed by atoms with van der Waals surface area (Å²) in [6.07, 6.45) is 0. The molecule has 24 heavy (non-hydrogen) atoms. The van der Waals surface area contributed by atoms with Crippen molar-refractivity contribution in [2.45, 2.75) is 35.9 Å². The van der Waals surface area contributed by atoms with Crippen molar-refractivity contribution >= 4 is 56.3 Å². The molecule has 0 spiro atoms. The summed E-state index contributed by atoms with van der Waals surface area (Å²) in [7, 11) is -4.00. The SMILES string of the molecule is CC1=C(Cl)C(=O)[C@@](Cl)(C(C)C)[C@@H](Cl)C1=NS(=O)(=O)c1ccccc1. The molecule has 0 radical (unpaired) electrons. The van der Waals surface area contributed by atoms with Crippen LogP contribution in [0.3, 0.4) is 0 Å². The summed E-state index contributed by atoms with van der Waals surface area (Å²) in [5, 5.41) is -1.26. The van der Waals surface area contributed by atoms with Crippen LogP contribution in [0.1, 0.15) is 20.8 Å². The van der Waals surface area contributed by atoms with E-state index in [1.807, 2.05) is 0 Å². The lowest BCUT2D eigenvalue weighted by Gasteiger charge is -2.38. The van der Waals surface area contributed by atoms with Crippen molar-refractivity contribution in [1.82, 2.24) is 0 Å². The van der Waals surface area contributed by atoms with Crippen LogP contribution in [0.5, 0.6) is 0 Å². The first-order valence-corrected chi connectivity index (χ1v) is 9.81. The van der Waals surface area contributed by atoms with E-state index < -0.39 is 26.1 Å². The Morgan fingerprint density at radius 3 is 2.25 bits per heavy atom. The fourth-order valence-corrected chi connectivity index (χ4v) is 4.63. The molecule has 1 aliphatic rings. The Morgan fingerprint density at radius 2 is 1.75 bits per heavy atom. The highest BCUT2D eigenvalue weighted by Gasteiger charge is 2.53. The maximum atomic E-state index is 12.5. The molecule has 0 aliphatic heterocycles. The van der Waals surface area contributed by atoms with Crippen LogP contribution in [-0.4, -0.2) is 30.2 Å². The smallest absolute Gasteiger partial charge is 0.282 e. The quantitative estimate of drug-likeness (QED) is 0.706. The lowest BCUT2D eigenvalue weighted by molar-refractivity contribution is -0.118. The standard InChI is InChI=1S/C16H16Cl3NO3S/c1-9(2)16(19)14(18)13(10(3)12(17)15(16)21)20-24(22,23)11-7-5-4-6-8-11/h4-9,14H,1-3H3/t14-,16+/m0/s1. The zero-order valence-electron chi connectivity index (χ0n) is 13.3. The first kappa shape index (κ1) is 19.4. The molecule has 130 valence electrons. The normalized spacial score (nSPS) is 27.2. The van der Waals surface area contributed by atoms with Crippen molar-refractivity contribution in [2.24, 2.45) is 10.3 Å². The second-order valence-electron chi connectivity index (χ2n) is 5.82. The van der Waals surface area contributed by atoms with E-state index >= 15 is 0 Å². The van der Waals surface area contributed by atoms with Gasteiger partial charge in [0.05, 0.1) is 15.6 Å². The second kappa shape index (κ2) is 6.79. The second-order valence-corrected chi connectivity index (χ2v) is 8.86. The third kappa shape index (κ3) is 3.15. The minimum atomic E-state index is -4.00. The average Bonchev–Trinajstić information content (AvgIpc) is 2.55. The number of carbonyl (C=O) groups excluding carboxylic acids is 1. The molecule has 1 aromatic carbocycles. The molecule has 1 aromatic rings. The van der Waals surface area contributed by atoms with Gasteiger partial charge in [-0.2, -0.15) is 12.8 Å². The predicted octanol–water partition coefficient (Wildman–Crippen LogP) is 4.15. The lowest BCUT2D eigenvalue weighted by atomic mass is 9.79. The number of benzene rings is 1. The molecule has 0 bridgehead atoms. The maximum Gasteiger partial charge on any atom is 0.282 e. The molecule has 0 amide bonds. The lowest BCUT2D eigenvalue weighted by Crippen LogP contribution is -2.53. The summed E-state index contributed by atoms with van der Waals surface area (Å²) in [6.45, 7) is 4.94. The Kier molecular flexibility index (Phi) is 5.50. The summed E-state index contributed by atoms with van der Waals surface area (Å²) in [5.41, 5.74) is 0.215. The molecule has 0 aromatic heterocycles. The van der Waals surface area contributed by atoms with E-state index in [0.717, 1.165) is 0 Å². The fourth-order valence-electron chi connectivity index (χ4n) is 2.40. The molecule has 1 aliphatic carbocycles. The van der Waals surface area contributed by atoms with Crippen LogP contribution in [0.4, 0.5) is 0 Å². The van der Waals surface area contributed by atoms with E-state index in [9.17, 15) is 13.2 Å². The third-order valence-corrected chi connectivity index (χ3v) is 7.22. The summed E-state index contributed by atoms with van der Waals surface area (Å²) in [5.74, 6) is -0.893. The van der Waals surface area contributed by atoms with E-state index in [4.69, 9.17) is 34.8 Å². The van der Waals surface area contributed by atoms with Gasteiger partial charge in [-0.25, -0.2) is 0 Å². The number of ketones is 1. The van der Waals surface area contributed by atoms with Crippen LogP contribution >= 0.6 is 34.8 Å². The Morgan fingerprint density at radius 1 is 1.21 bits per heavy atom. The highest BCUT2D eigenvalue weighted by molar-refractivity contribution is 7.90. The van der Waals surface area contributed by atoms with Crippen molar-refractivity contribution < 1.29 is 13.2 Å². The van der Waals surface area contributed by atoms with Crippen LogP contribution < -0.4 is 0 Å². The van der Waals surface area contributed by atoms with Gasteiger partial charge < -0.3 is 0 Å². The monoisotopic (exact) mass is 407 g/mol. The van der Waals surface area contributed by atoms with Crippen molar-refractivity contribution in [3.63, 3.8) is 0 Å². The highest BCUT2D eigenvalue weighted by Crippen LogP contribution is 2.43. The molecule has 2 atom stereocenters. The molecule has 0 heterocycles. The number of carbonyl (C=O) groups is 1. The third-order valence-electron chi connectivity index (χ3n) is 3.97. The number of alkyl halides is 2. The Balaban J connectivity index is 2.67. The van der Waals surface area contributed by atoms with Gasteiger partial charge in [0.1, 0.15) is 10.3 Å². The largest absolute Gasteiger partial charge is 0.291 e. The zero-order chi connectivity index (χ0) is 18.3. The van der Waals surface area contributed by atoms with Crippen LogP contribution in [0, 0.1) is 5.92 Å². The van der Waals surface area contributed by atoms with E-state index in [1.165, 1.54) is 19.1 Å². The predicted molar refractivity (Wildman–Crippen MR) is 97.7 cm³/mol. The molecular weight excluding hydrogens is 393 g/mol. The van der Waals surface area contributed by atoms with Gasteiger partial charge in [0.2, 0.25) is 0 Å². The Hall–Kier alpha value is -0.880. The molecular formula is C16H16Cl3NO3S. The van der Waals surface area contributed by atoms with Gasteiger partial charge in [-0.15, -0.1) is 23.2 Å². The molecule has 0 fully saturated rings. The van der Waals surface area contributed by atoms with E-state index in [-0.39, 0.29) is 27.1 Å². The van der Waals surface area contributed by atoms with Crippen molar-refractivity contribution in [1.29, 1.82) is 0 Å². The minimum absolute atomic E-state index is 0.00572. The van der Waals surface area contributed by atoms with Crippen molar-refractivity contribution in [3.8, 4) is 0 Å². The molecule has 8 heteroatoms. The molecule has 0 unspecified atom stereocenters. The van der Waals surface area contributed by atoms with Crippen LogP contribution in [0.2, 0.25) is 0 Å². The molecule has 0 N–H and O–H groups in total. The number of allylic oxidation sites excluding steroid dienone is 2. The summed E-state index contributed by atoms with van der Waals surface area (Å²) in [4.78, 5) is 10.9. The first-order chi connectivity index (χ1) is 11.0. The average molecular weight is 409 g/mol. The molecule has 0 saturated heterocycles. The molecule has 2 rings (SSSR count). The van der Waals surface area contributed by atoms with Gasteiger partial charge >= 0.3 is 0 Å². The topological polar surface area (TPSA) is 63.6 Å². The molecule has 4 nitrogen and oxygen atoms in total. The Bertz CT molecular complexity index is 831. The summed E-state index contributed by atoms with van der Waals surface area (Å²) < 4.78 is 28.9. The first-order valence-electron chi connectivity index (χ1n) is 7.18. The van der Waals surface area contributed by atoms with Crippen LogP contribution in [0.25, 0.3) is 0 Å². The van der Waals surface area contributed by atoms with Gasteiger partial charge in [-0.05, 0) is 30.5 Å². The van der Waals surface area contributed by atoms with Gasteiger partial charge in [0.15, 0.2) is 5.78 Å². The zero-order valence-corrected chi connectivity index (χ0v) is 16.3. The number of hydrogen-bond donors (Lipinski definition) is 0. The van der Waals surface area contributed by atoms with Gasteiger partial charge in [-0.3, -0.25) is 4.79 Å². The number of rotatable bonds is 3. The number of sulfonamides is 1. The number of nitrogens with zero attached hydrogens (tertiary/aromatic N) is 1.